The number of nitrogens with one attached hydrogen (secondary N) is 1. The summed E-state index contributed by atoms with van der Waals surface area (Å²) in [6.45, 7) is 1.25. The zero-order valence-corrected chi connectivity index (χ0v) is 11.7. The van der Waals surface area contributed by atoms with Gasteiger partial charge in [0, 0.05) is 10.5 Å². The molecule has 0 amide bonds. The predicted octanol–water partition coefficient (Wildman–Crippen LogP) is 3.77. The molecule has 2 aliphatic carbocycles. The lowest BCUT2D eigenvalue weighted by Gasteiger charge is -2.37. The van der Waals surface area contributed by atoms with Gasteiger partial charge in [-0.15, -0.1) is 0 Å². The number of halogens is 1. The Hall–Kier alpha value is -0.340. The fourth-order valence-corrected chi connectivity index (χ4v) is 3.17. The first-order valence-corrected chi connectivity index (χ1v) is 7.59. The summed E-state index contributed by atoms with van der Waals surface area (Å²) in [5.74, 6) is 1.82. The van der Waals surface area contributed by atoms with Crippen LogP contribution in [0.25, 0.3) is 0 Å². The summed E-state index contributed by atoms with van der Waals surface area (Å²) in [7, 11) is 0. The van der Waals surface area contributed by atoms with E-state index in [0.717, 1.165) is 17.9 Å². The van der Waals surface area contributed by atoms with Gasteiger partial charge in [0.05, 0.1) is 0 Å². The van der Waals surface area contributed by atoms with Crippen LogP contribution in [0, 0.1) is 11.8 Å². The monoisotopic (exact) mass is 293 g/mol. The molecule has 92 valence electrons. The molecule has 0 spiro atoms. The van der Waals surface area contributed by atoms with E-state index in [-0.39, 0.29) is 0 Å². The van der Waals surface area contributed by atoms with Gasteiger partial charge in [-0.3, -0.25) is 0 Å². The average molecular weight is 294 g/mol. The number of hydrogen-bond donors (Lipinski definition) is 1. The topological polar surface area (TPSA) is 12.0 Å². The van der Waals surface area contributed by atoms with Crippen LogP contribution in [0.3, 0.4) is 0 Å². The Morgan fingerprint density at radius 2 is 1.82 bits per heavy atom. The van der Waals surface area contributed by atoms with Gasteiger partial charge in [-0.05, 0) is 62.1 Å². The maximum absolute atomic E-state index is 3.68. The minimum Gasteiger partial charge on any atom is -0.314 e. The smallest absolute Gasteiger partial charge is 0.0207 e. The number of hydrogen-bond acceptors (Lipinski definition) is 1. The predicted molar refractivity (Wildman–Crippen MR) is 75.1 cm³/mol. The number of benzene rings is 1. The molecule has 2 saturated carbocycles. The minimum absolute atomic E-state index is 0.861. The van der Waals surface area contributed by atoms with Gasteiger partial charge in [0.15, 0.2) is 0 Å². The zero-order chi connectivity index (χ0) is 11.7. The second-order valence-corrected chi connectivity index (χ2v) is 6.43. The quantitative estimate of drug-likeness (QED) is 0.871. The highest BCUT2D eigenvalue weighted by molar-refractivity contribution is 9.10. The molecule has 2 unspecified atom stereocenters. The molecular weight excluding hydrogens is 274 g/mol. The van der Waals surface area contributed by atoms with E-state index in [9.17, 15) is 0 Å². The third-order valence-electron chi connectivity index (χ3n) is 4.26. The van der Waals surface area contributed by atoms with E-state index in [1.165, 1.54) is 48.7 Å². The molecule has 0 radical (unpaired) electrons. The van der Waals surface area contributed by atoms with E-state index in [2.05, 4.69) is 45.5 Å². The molecule has 2 atom stereocenters. The highest BCUT2D eigenvalue weighted by Crippen LogP contribution is 2.38. The first-order chi connectivity index (χ1) is 8.33. The van der Waals surface area contributed by atoms with Crippen molar-refractivity contribution in [2.75, 3.05) is 6.54 Å². The van der Waals surface area contributed by atoms with Crippen LogP contribution in [0.2, 0.25) is 0 Å². The lowest BCUT2D eigenvalue weighted by molar-refractivity contribution is 0.170. The lowest BCUT2D eigenvalue weighted by Crippen LogP contribution is -2.37. The van der Waals surface area contributed by atoms with Gasteiger partial charge in [0.25, 0.3) is 0 Å². The fourth-order valence-electron chi connectivity index (χ4n) is 2.73. The Labute approximate surface area is 112 Å². The van der Waals surface area contributed by atoms with E-state index in [1.54, 1.807) is 0 Å². The van der Waals surface area contributed by atoms with E-state index in [1.807, 2.05) is 0 Å². The van der Waals surface area contributed by atoms with Gasteiger partial charge in [0.1, 0.15) is 0 Å². The van der Waals surface area contributed by atoms with E-state index in [4.69, 9.17) is 0 Å². The zero-order valence-electron chi connectivity index (χ0n) is 10.2. The summed E-state index contributed by atoms with van der Waals surface area (Å²) in [6.07, 6.45) is 6.90. The van der Waals surface area contributed by atoms with Gasteiger partial charge in [0.2, 0.25) is 0 Å². The molecule has 2 aliphatic rings. The molecule has 0 bridgehead atoms. The van der Waals surface area contributed by atoms with Crippen molar-refractivity contribution >= 4 is 15.9 Å². The molecule has 0 saturated heterocycles. The van der Waals surface area contributed by atoms with E-state index < -0.39 is 0 Å². The average Bonchev–Trinajstić information content (AvgIpc) is 3.11. The molecule has 1 N–H and O–H groups in total. The van der Waals surface area contributed by atoms with Crippen molar-refractivity contribution in [2.24, 2.45) is 11.8 Å². The Balaban J connectivity index is 1.52. The van der Waals surface area contributed by atoms with Crippen LogP contribution in [0.15, 0.2) is 28.7 Å². The van der Waals surface area contributed by atoms with Crippen LogP contribution in [0.1, 0.15) is 31.2 Å². The van der Waals surface area contributed by atoms with Crippen LogP contribution in [0.5, 0.6) is 0 Å². The molecular formula is C15H20BrN. The largest absolute Gasteiger partial charge is 0.314 e. The molecule has 0 aliphatic heterocycles. The van der Waals surface area contributed by atoms with Crippen molar-refractivity contribution in [2.45, 2.75) is 38.1 Å². The van der Waals surface area contributed by atoms with Crippen LogP contribution in [0.4, 0.5) is 0 Å². The summed E-state index contributed by atoms with van der Waals surface area (Å²) in [5.41, 5.74) is 1.48. The van der Waals surface area contributed by atoms with Crippen molar-refractivity contribution in [1.82, 2.24) is 5.32 Å². The maximum atomic E-state index is 3.68. The van der Waals surface area contributed by atoms with Crippen molar-refractivity contribution in [1.29, 1.82) is 0 Å². The van der Waals surface area contributed by atoms with Crippen molar-refractivity contribution in [3.63, 3.8) is 0 Å². The lowest BCUT2D eigenvalue weighted by atomic mass is 9.70. The third kappa shape index (κ3) is 2.92. The van der Waals surface area contributed by atoms with Gasteiger partial charge >= 0.3 is 0 Å². The van der Waals surface area contributed by atoms with Gasteiger partial charge in [-0.25, -0.2) is 0 Å². The normalized spacial score (nSPS) is 27.8. The SMILES string of the molecule is Brc1ccccc1CC1CCC1CNC1CC1. The molecule has 2 fully saturated rings. The van der Waals surface area contributed by atoms with E-state index in [0.29, 0.717) is 0 Å². The fraction of sp³-hybridized carbons (Fsp3) is 0.600. The summed E-state index contributed by atoms with van der Waals surface area (Å²) < 4.78 is 1.28. The molecule has 0 heterocycles. The Morgan fingerprint density at radius 1 is 1.06 bits per heavy atom. The Morgan fingerprint density at radius 3 is 2.47 bits per heavy atom. The molecule has 2 heteroatoms. The number of rotatable bonds is 5. The minimum atomic E-state index is 0.861. The van der Waals surface area contributed by atoms with Crippen molar-refractivity contribution < 1.29 is 0 Å². The highest BCUT2D eigenvalue weighted by Gasteiger charge is 2.32. The Kier molecular flexibility index (Phi) is 3.53. The summed E-state index contributed by atoms with van der Waals surface area (Å²) >= 11 is 3.65. The first-order valence-electron chi connectivity index (χ1n) is 6.79. The van der Waals surface area contributed by atoms with Crippen LogP contribution >= 0.6 is 15.9 Å². The molecule has 17 heavy (non-hydrogen) atoms. The van der Waals surface area contributed by atoms with Gasteiger partial charge in [-0.2, -0.15) is 0 Å². The second-order valence-electron chi connectivity index (χ2n) is 5.58. The third-order valence-corrected chi connectivity index (χ3v) is 5.03. The molecule has 1 aromatic rings. The first kappa shape index (κ1) is 11.7. The summed E-state index contributed by atoms with van der Waals surface area (Å²) in [6, 6.07) is 9.52. The van der Waals surface area contributed by atoms with Gasteiger partial charge < -0.3 is 5.32 Å². The van der Waals surface area contributed by atoms with Crippen molar-refractivity contribution in [3.05, 3.63) is 34.3 Å². The molecule has 1 nitrogen and oxygen atoms in total. The van der Waals surface area contributed by atoms with E-state index >= 15 is 0 Å². The van der Waals surface area contributed by atoms with Crippen LogP contribution < -0.4 is 5.32 Å². The van der Waals surface area contributed by atoms with Gasteiger partial charge in [-0.1, -0.05) is 34.1 Å². The molecule has 0 aromatic heterocycles. The van der Waals surface area contributed by atoms with Crippen LogP contribution in [-0.2, 0) is 6.42 Å². The second kappa shape index (κ2) is 5.11. The highest BCUT2D eigenvalue weighted by atomic mass is 79.9. The van der Waals surface area contributed by atoms with Crippen molar-refractivity contribution in [3.8, 4) is 0 Å². The molecule has 1 aromatic carbocycles. The molecule has 3 rings (SSSR count). The van der Waals surface area contributed by atoms with Crippen LogP contribution in [-0.4, -0.2) is 12.6 Å². The summed E-state index contributed by atoms with van der Waals surface area (Å²) in [5, 5.41) is 3.68. The maximum Gasteiger partial charge on any atom is 0.0207 e. The standard InChI is InChI=1S/C15H20BrN/c16-15-4-2-1-3-12(15)9-11-5-6-13(11)10-17-14-7-8-14/h1-4,11,13-14,17H,5-10H2. The Bertz CT molecular complexity index is 386. The summed E-state index contributed by atoms with van der Waals surface area (Å²) in [4.78, 5) is 0.